The smallest absolute Gasteiger partial charge is 0.208 e. The minimum absolute atomic E-state index is 0.00902. The molecule has 0 saturated heterocycles. The van der Waals surface area contributed by atoms with Crippen molar-refractivity contribution in [1.29, 1.82) is 0 Å². The molecule has 0 radical (unpaired) electrons. The Balaban J connectivity index is 1.81. The van der Waals surface area contributed by atoms with Crippen LogP contribution in [0.25, 0.3) is 6.08 Å². The molecule has 8 nitrogen and oxygen atoms in total. The van der Waals surface area contributed by atoms with E-state index in [0.29, 0.717) is 5.69 Å². The molecular formula is C14H12FN5O3S. The van der Waals surface area contributed by atoms with E-state index in [1.54, 1.807) is 0 Å². The first kappa shape index (κ1) is 16.0. The van der Waals surface area contributed by atoms with Crippen molar-refractivity contribution in [2.45, 2.75) is 15.9 Å². The van der Waals surface area contributed by atoms with Crippen molar-refractivity contribution < 1.29 is 17.9 Å². The van der Waals surface area contributed by atoms with Gasteiger partial charge in [-0.3, -0.25) is 0 Å². The molecule has 0 aliphatic rings. The van der Waals surface area contributed by atoms with Crippen LogP contribution in [-0.4, -0.2) is 39.1 Å². The van der Waals surface area contributed by atoms with Crippen molar-refractivity contribution in [3.05, 3.63) is 59.9 Å². The number of nitrogens with zero attached hydrogens (tertiary/aromatic N) is 3. The number of sulfone groups is 1. The minimum Gasteiger partial charge on any atom is -0.381 e. The first-order valence-corrected chi connectivity index (χ1v) is 8.24. The number of benzene rings is 1. The van der Waals surface area contributed by atoms with E-state index in [1.165, 1.54) is 36.5 Å². The van der Waals surface area contributed by atoms with Gasteiger partial charge < -0.3 is 10.1 Å². The molecule has 1 unspecified atom stereocenters. The molecule has 3 aromatic rings. The maximum absolute atomic E-state index is 12.9. The number of halogens is 1. The summed E-state index contributed by atoms with van der Waals surface area (Å²) in [5, 5.41) is 22.6. The number of tetrazole rings is 1. The zero-order valence-corrected chi connectivity index (χ0v) is 12.9. The van der Waals surface area contributed by atoms with Gasteiger partial charge in [0.25, 0.3) is 0 Å². The standard InChI is InChI=1S/C14H12FN5O3S/c15-9-1-4-11(5-2-9)24(22,23)12-7-10(16-8-12)3-6-13(21)14-17-19-20-18-14/h1-8,13,16,21H,(H,17,18,19,20). The van der Waals surface area contributed by atoms with Crippen LogP contribution in [0.3, 0.4) is 0 Å². The Morgan fingerprint density at radius 1 is 1.21 bits per heavy atom. The summed E-state index contributed by atoms with van der Waals surface area (Å²) in [7, 11) is -3.75. The molecule has 3 rings (SSSR count). The van der Waals surface area contributed by atoms with Crippen LogP contribution in [0.2, 0.25) is 0 Å². The van der Waals surface area contributed by atoms with Crippen LogP contribution in [0.5, 0.6) is 0 Å². The van der Waals surface area contributed by atoms with Crippen LogP contribution >= 0.6 is 0 Å². The van der Waals surface area contributed by atoms with E-state index in [1.807, 2.05) is 0 Å². The third-order valence-corrected chi connectivity index (χ3v) is 4.95. The number of aromatic amines is 2. The summed E-state index contributed by atoms with van der Waals surface area (Å²) in [4.78, 5) is 2.80. The molecule has 0 bridgehead atoms. The SMILES string of the molecule is O=S(=O)(c1ccc(F)cc1)c1c[nH]c(C=CC(O)c2nn[nH]n2)c1. The van der Waals surface area contributed by atoms with Crippen molar-refractivity contribution in [1.82, 2.24) is 25.6 Å². The molecule has 10 heteroatoms. The second-order valence-corrected chi connectivity index (χ2v) is 6.77. The topological polar surface area (TPSA) is 125 Å². The van der Waals surface area contributed by atoms with Gasteiger partial charge in [0.1, 0.15) is 11.9 Å². The van der Waals surface area contributed by atoms with Crippen LogP contribution in [0, 0.1) is 5.82 Å². The fourth-order valence-electron chi connectivity index (χ4n) is 1.97. The van der Waals surface area contributed by atoms with E-state index >= 15 is 0 Å². The molecule has 2 heterocycles. The molecule has 3 N–H and O–H groups in total. The summed E-state index contributed by atoms with van der Waals surface area (Å²) in [5.41, 5.74) is 0.457. The van der Waals surface area contributed by atoms with Gasteiger partial charge in [-0.2, -0.15) is 5.21 Å². The average Bonchev–Trinajstić information content (AvgIpc) is 3.25. The van der Waals surface area contributed by atoms with Gasteiger partial charge in [-0.1, -0.05) is 5.21 Å². The van der Waals surface area contributed by atoms with Crippen molar-refractivity contribution in [3.8, 4) is 0 Å². The third-order valence-electron chi connectivity index (χ3n) is 3.20. The highest BCUT2D eigenvalue weighted by Gasteiger charge is 2.19. The summed E-state index contributed by atoms with van der Waals surface area (Å²) in [6, 6.07) is 5.97. The minimum atomic E-state index is -3.75. The van der Waals surface area contributed by atoms with Gasteiger partial charge in [0.2, 0.25) is 15.7 Å². The molecule has 2 aromatic heterocycles. The molecule has 0 aliphatic carbocycles. The zero-order valence-electron chi connectivity index (χ0n) is 12.1. The van der Waals surface area contributed by atoms with Gasteiger partial charge >= 0.3 is 0 Å². The van der Waals surface area contributed by atoms with Crippen molar-refractivity contribution in [2.75, 3.05) is 0 Å². The van der Waals surface area contributed by atoms with Gasteiger partial charge in [-0.15, -0.1) is 10.2 Å². The molecule has 0 aliphatic heterocycles. The van der Waals surface area contributed by atoms with E-state index in [-0.39, 0.29) is 15.6 Å². The zero-order chi connectivity index (χ0) is 17.2. The Hall–Kier alpha value is -2.85. The molecule has 0 saturated carbocycles. The highest BCUT2D eigenvalue weighted by atomic mass is 32.2. The van der Waals surface area contributed by atoms with Crippen LogP contribution < -0.4 is 0 Å². The predicted molar refractivity (Wildman–Crippen MR) is 80.8 cm³/mol. The fraction of sp³-hybridized carbons (Fsp3) is 0.0714. The number of rotatable bonds is 5. The molecule has 1 aromatic carbocycles. The molecule has 1 atom stereocenters. The maximum Gasteiger partial charge on any atom is 0.208 e. The quantitative estimate of drug-likeness (QED) is 0.595. The number of hydrogen-bond donors (Lipinski definition) is 3. The van der Waals surface area contributed by atoms with Crippen LogP contribution in [-0.2, 0) is 9.84 Å². The highest BCUT2D eigenvalue weighted by Crippen LogP contribution is 2.22. The van der Waals surface area contributed by atoms with Gasteiger partial charge in [0.15, 0.2) is 0 Å². The van der Waals surface area contributed by atoms with E-state index in [9.17, 15) is 17.9 Å². The number of aromatic nitrogens is 5. The van der Waals surface area contributed by atoms with Crippen molar-refractivity contribution >= 4 is 15.9 Å². The second-order valence-electron chi connectivity index (χ2n) is 4.82. The van der Waals surface area contributed by atoms with E-state index in [4.69, 9.17) is 0 Å². The van der Waals surface area contributed by atoms with Gasteiger partial charge in [0.05, 0.1) is 9.79 Å². The Labute approximate surface area is 136 Å². The lowest BCUT2D eigenvalue weighted by Gasteiger charge is -2.01. The summed E-state index contributed by atoms with van der Waals surface area (Å²) in [5.74, 6) is -0.418. The predicted octanol–water partition coefficient (Wildman–Crippen LogP) is 1.25. The maximum atomic E-state index is 12.9. The fourth-order valence-corrected chi connectivity index (χ4v) is 3.23. The lowest BCUT2D eigenvalue weighted by Crippen LogP contribution is -2.00. The van der Waals surface area contributed by atoms with Crippen molar-refractivity contribution in [2.24, 2.45) is 0 Å². The van der Waals surface area contributed by atoms with Gasteiger partial charge in [-0.25, -0.2) is 12.8 Å². The van der Waals surface area contributed by atoms with Crippen LogP contribution in [0.4, 0.5) is 4.39 Å². The molecule has 24 heavy (non-hydrogen) atoms. The first-order valence-electron chi connectivity index (χ1n) is 6.75. The lowest BCUT2D eigenvalue weighted by atomic mass is 10.3. The normalized spacial score (nSPS) is 13.4. The Morgan fingerprint density at radius 2 is 1.96 bits per heavy atom. The molecule has 124 valence electrons. The Kier molecular flexibility index (Phi) is 4.23. The van der Waals surface area contributed by atoms with E-state index < -0.39 is 21.8 Å². The second kappa shape index (κ2) is 6.34. The van der Waals surface area contributed by atoms with Crippen LogP contribution in [0.15, 0.2) is 52.4 Å². The molecule has 0 spiro atoms. The monoisotopic (exact) mass is 349 g/mol. The third kappa shape index (κ3) is 3.24. The summed E-state index contributed by atoms with van der Waals surface area (Å²) in [6.45, 7) is 0. The number of aliphatic hydroxyl groups is 1. The first-order chi connectivity index (χ1) is 11.5. The van der Waals surface area contributed by atoms with Crippen LogP contribution in [0.1, 0.15) is 17.6 Å². The number of aliphatic hydroxyl groups excluding tert-OH is 1. The summed E-state index contributed by atoms with van der Waals surface area (Å²) >= 11 is 0. The lowest BCUT2D eigenvalue weighted by molar-refractivity contribution is 0.219. The van der Waals surface area contributed by atoms with Gasteiger partial charge in [-0.05, 0) is 42.5 Å². The van der Waals surface area contributed by atoms with E-state index in [2.05, 4.69) is 25.6 Å². The molecular weight excluding hydrogens is 337 g/mol. The number of H-pyrrole nitrogens is 2. The Morgan fingerprint density at radius 3 is 2.62 bits per heavy atom. The van der Waals surface area contributed by atoms with Crippen molar-refractivity contribution in [3.63, 3.8) is 0 Å². The van der Waals surface area contributed by atoms with Gasteiger partial charge in [0, 0.05) is 11.9 Å². The number of hydrogen-bond acceptors (Lipinski definition) is 6. The molecule has 0 fully saturated rings. The Bertz CT molecular complexity index is 949. The summed E-state index contributed by atoms with van der Waals surface area (Å²) in [6.07, 6.45) is 3.11. The largest absolute Gasteiger partial charge is 0.381 e. The average molecular weight is 349 g/mol. The summed E-state index contributed by atoms with van der Waals surface area (Å²) < 4.78 is 37.8. The number of nitrogens with one attached hydrogen (secondary N) is 2. The highest BCUT2D eigenvalue weighted by molar-refractivity contribution is 7.91. The molecule has 0 amide bonds. The van der Waals surface area contributed by atoms with E-state index in [0.717, 1.165) is 12.1 Å².